The van der Waals surface area contributed by atoms with Crippen molar-refractivity contribution >= 4 is 62.5 Å². The predicted molar refractivity (Wildman–Crippen MR) is 192 cm³/mol. The molecule has 55 heavy (non-hydrogen) atoms. The zero-order valence-electron chi connectivity index (χ0n) is 28.7. The highest BCUT2D eigenvalue weighted by atomic mass is 35.5. The van der Waals surface area contributed by atoms with Crippen molar-refractivity contribution in [3.8, 4) is 11.5 Å². The number of benzene rings is 2. The van der Waals surface area contributed by atoms with Gasteiger partial charge in [0.25, 0.3) is 11.8 Å². The molecule has 288 valence electrons. The molecule has 2 aromatic heterocycles. The first kappa shape index (κ1) is 39.3. The normalized spacial score (nSPS) is 14.5. The topological polar surface area (TPSA) is 176 Å². The van der Waals surface area contributed by atoms with Crippen LogP contribution in [0.4, 0.5) is 14.5 Å². The van der Waals surface area contributed by atoms with Gasteiger partial charge in [0.05, 0.1) is 36.2 Å². The SMILES string of the molecule is CS(=O)(=O)N(CC(=O)c1ccccn1)c1ccc2c(c1)C(=O)N(CC(=O)O[C@@H](Cc1c(Cl)c[n+]([O-])cc1Cl)c1ccc(OC(F)F)c(OCC3CC3)c1)C2=O. The number of carbonyl (C=O) groups is 4. The van der Waals surface area contributed by atoms with Gasteiger partial charge in [-0.15, -0.1) is 0 Å². The largest absolute Gasteiger partial charge is 0.619 e. The van der Waals surface area contributed by atoms with Crippen molar-refractivity contribution in [2.24, 2.45) is 5.92 Å². The summed E-state index contributed by atoms with van der Waals surface area (Å²) in [6, 6.07) is 12.0. The van der Waals surface area contributed by atoms with Crippen LogP contribution in [0.15, 0.2) is 73.2 Å². The molecule has 2 aromatic carbocycles. The minimum atomic E-state index is -4.08. The number of hydrogen-bond acceptors (Lipinski definition) is 11. The summed E-state index contributed by atoms with van der Waals surface area (Å²) in [6.07, 6.45) is 4.56. The van der Waals surface area contributed by atoms with Gasteiger partial charge in [0, 0.05) is 18.2 Å². The Morgan fingerprint density at radius 2 is 1.73 bits per heavy atom. The summed E-state index contributed by atoms with van der Waals surface area (Å²) in [7, 11) is -4.08. The highest BCUT2D eigenvalue weighted by molar-refractivity contribution is 7.92. The lowest BCUT2D eigenvalue weighted by Crippen LogP contribution is -2.36. The molecule has 0 bridgehead atoms. The first-order chi connectivity index (χ1) is 26.1. The van der Waals surface area contributed by atoms with E-state index in [1.54, 1.807) is 12.1 Å². The lowest BCUT2D eigenvalue weighted by molar-refractivity contribution is -0.605. The highest BCUT2D eigenvalue weighted by Crippen LogP contribution is 2.38. The molecule has 1 aliphatic carbocycles. The highest BCUT2D eigenvalue weighted by Gasteiger charge is 2.39. The van der Waals surface area contributed by atoms with Crippen molar-refractivity contribution < 1.29 is 55.3 Å². The molecule has 14 nitrogen and oxygen atoms in total. The number of carbonyl (C=O) groups excluding carboxylic acids is 4. The Hall–Kier alpha value is -5.39. The third kappa shape index (κ3) is 9.29. The number of alkyl halides is 2. The standard InChI is InChI=1S/C36H30Cl2F2N4O10S/c1-55(50,51)44(17-29(45)28-4-2-3-11-41-28)22-8-9-23-24(13-22)35(48)43(34(23)47)18-33(46)53-31(14-25-26(37)15-42(49)16-27(25)38)21-7-10-30(54-36(39)40)32(12-21)52-19-20-5-6-20/h2-4,7-13,15-16,20,31,36H,5-6,14,17-19H2,1H3/t31-/m0/s1. The van der Waals surface area contributed by atoms with Crippen LogP contribution in [-0.4, -0.2) is 74.4 Å². The fraction of sp³-hybridized carbons (Fsp3) is 0.278. The van der Waals surface area contributed by atoms with Gasteiger partial charge in [-0.05, 0) is 66.8 Å². The van der Waals surface area contributed by atoms with Gasteiger partial charge in [0.1, 0.15) is 28.4 Å². The maximum Gasteiger partial charge on any atom is 0.387 e. The van der Waals surface area contributed by atoms with Crippen LogP contribution in [-0.2, 0) is 26.0 Å². The Morgan fingerprint density at radius 3 is 2.36 bits per heavy atom. The zero-order valence-corrected chi connectivity index (χ0v) is 31.0. The summed E-state index contributed by atoms with van der Waals surface area (Å²) in [6.45, 7) is -4.50. The Kier molecular flexibility index (Phi) is 11.5. The van der Waals surface area contributed by atoms with Crippen molar-refractivity contribution in [3.63, 3.8) is 0 Å². The van der Waals surface area contributed by atoms with Crippen LogP contribution in [0.5, 0.6) is 11.5 Å². The summed E-state index contributed by atoms with van der Waals surface area (Å²) >= 11 is 12.6. The van der Waals surface area contributed by atoms with E-state index in [0.29, 0.717) is 9.63 Å². The van der Waals surface area contributed by atoms with Gasteiger partial charge in [-0.3, -0.25) is 33.4 Å². The smallest absolute Gasteiger partial charge is 0.387 e. The molecule has 19 heteroatoms. The van der Waals surface area contributed by atoms with E-state index in [-0.39, 0.29) is 74.1 Å². The van der Waals surface area contributed by atoms with E-state index in [1.807, 2.05) is 0 Å². The predicted octanol–water partition coefficient (Wildman–Crippen LogP) is 5.18. The van der Waals surface area contributed by atoms with Crippen LogP contribution in [0.25, 0.3) is 0 Å². The Labute approximate surface area is 322 Å². The number of rotatable bonds is 16. The average molecular weight is 820 g/mol. The van der Waals surface area contributed by atoms with E-state index in [2.05, 4.69) is 9.72 Å². The Balaban J connectivity index is 1.25. The number of halogens is 4. The number of anilines is 1. The lowest BCUT2D eigenvalue weighted by Gasteiger charge is -2.22. The number of hydrogen-bond donors (Lipinski definition) is 0. The van der Waals surface area contributed by atoms with Crippen LogP contribution in [0.2, 0.25) is 10.0 Å². The molecule has 6 rings (SSSR count). The number of aromatic nitrogens is 2. The van der Waals surface area contributed by atoms with Crippen LogP contribution >= 0.6 is 23.2 Å². The number of imide groups is 1. The van der Waals surface area contributed by atoms with E-state index < -0.39 is 59.4 Å². The summed E-state index contributed by atoms with van der Waals surface area (Å²) in [5, 5.41) is 11.8. The molecular formula is C36H30Cl2F2N4O10S. The quantitative estimate of drug-likeness (QED) is 0.0479. The van der Waals surface area contributed by atoms with Gasteiger partial charge < -0.3 is 19.4 Å². The Morgan fingerprint density at radius 1 is 1.02 bits per heavy atom. The second kappa shape index (κ2) is 16.1. The number of amides is 2. The molecule has 4 aromatic rings. The van der Waals surface area contributed by atoms with Crippen molar-refractivity contribution in [2.75, 3.05) is 30.3 Å². The summed E-state index contributed by atoms with van der Waals surface area (Å²) in [5.74, 6) is -3.64. The summed E-state index contributed by atoms with van der Waals surface area (Å²) in [5.41, 5.74) is -0.0512. The number of pyridine rings is 2. The molecule has 2 aliphatic rings. The minimum Gasteiger partial charge on any atom is -0.619 e. The molecule has 1 fully saturated rings. The second-order valence-electron chi connectivity index (χ2n) is 12.6. The number of ketones is 1. The van der Waals surface area contributed by atoms with Gasteiger partial charge in [0.15, 0.2) is 23.9 Å². The maximum atomic E-state index is 13.6. The van der Waals surface area contributed by atoms with Crippen molar-refractivity contribution in [1.82, 2.24) is 9.88 Å². The number of Topliss-reactive ketones (excluding diaryl/α,β-unsaturated/α-hetero) is 1. The zero-order chi connectivity index (χ0) is 39.6. The summed E-state index contributed by atoms with van der Waals surface area (Å²) < 4.78 is 69.3. The van der Waals surface area contributed by atoms with Crippen LogP contribution in [0, 0.1) is 11.1 Å². The third-order valence-corrected chi connectivity index (χ3v) is 10.4. The molecular weight excluding hydrogens is 789 g/mol. The number of nitrogens with zero attached hydrogens (tertiary/aromatic N) is 4. The van der Waals surface area contributed by atoms with Gasteiger partial charge in [-0.2, -0.15) is 13.5 Å². The van der Waals surface area contributed by atoms with Crippen LogP contribution in [0.1, 0.15) is 61.3 Å². The maximum absolute atomic E-state index is 13.6. The van der Waals surface area contributed by atoms with E-state index in [0.717, 1.165) is 41.9 Å². The van der Waals surface area contributed by atoms with E-state index in [1.165, 1.54) is 42.6 Å². The Bertz CT molecular complexity index is 2260. The third-order valence-electron chi connectivity index (χ3n) is 8.62. The van der Waals surface area contributed by atoms with E-state index in [9.17, 15) is 41.6 Å². The average Bonchev–Trinajstić information content (AvgIpc) is 3.93. The van der Waals surface area contributed by atoms with E-state index in [4.69, 9.17) is 32.7 Å². The second-order valence-corrected chi connectivity index (χ2v) is 15.4. The van der Waals surface area contributed by atoms with Crippen molar-refractivity contribution in [2.45, 2.75) is 32.0 Å². The number of fused-ring (bicyclic) bond motifs is 1. The van der Waals surface area contributed by atoms with Crippen molar-refractivity contribution in [3.05, 3.63) is 116 Å². The van der Waals surface area contributed by atoms with E-state index >= 15 is 0 Å². The number of esters is 1. The number of sulfonamides is 1. The van der Waals surface area contributed by atoms with Crippen LogP contribution < -0.4 is 18.5 Å². The molecule has 1 saturated carbocycles. The molecule has 2 amide bonds. The fourth-order valence-electron chi connectivity index (χ4n) is 5.70. The van der Waals surface area contributed by atoms with Gasteiger partial charge in [-0.25, -0.2) is 8.42 Å². The lowest BCUT2D eigenvalue weighted by atomic mass is 10.0. The fourth-order valence-corrected chi connectivity index (χ4v) is 7.15. The minimum absolute atomic E-state index is 0.0110. The molecule has 0 saturated heterocycles. The molecule has 0 spiro atoms. The molecule has 1 atom stereocenters. The van der Waals surface area contributed by atoms with Crippen molar-refractivity contribution in [1.29, 1.82) is 0 Å². The van der Waals surface area contributed by atoms with Gasteiger partial charge in [0.2, 0.25) is 15.8 Å². The van der Waals surface area contributed by atoms with Gasteiger partial charge in [-0.1, -0.05) is 35.3 Å². The number of ether oxygens (including phenoxy) is 3. The first-order valence-electron chi connectivity index (χ1n) is 16.5. The van der Waals surface area contributed by atoms with Gasteiger partial charge >= 0.3 is 12.6 Å². The first-order valence-corrected chi connectivity index (χ1v) is 19.1. The molecule has 3 heterocycles. The summed E-state index contributed by atoms with van der Waals surface area (Å²) in [4.78, 5) is 57.9. The molecule has 1 aliphatic heterocycles. The van der Waals surface area contributed by atoms with Crippen LogP contribution in [0.3, 0.4) is 0 Å². The monoisotopic (exact) mass is 818 g/mol. The molecule has 0 radical (unpaired) electrons. The molecule has 0 N–H and O–H groups in total. The molecule has 0 unspecified atom stereocenters.